The molecule has 0 amide bonds. The molecule has 2 aromatic rings. The Morgan fingerprint density at radius 1 is 1.06 bits per heavy atom. The quantitative estimate of drug-likeness (QED) is 0.787. The largest absolute Gasteiger partial charge is 0.376 e. The molecule has 0 unspecified atom stereocenters. The third-order valence-electron chi connectivity index (χ3n) is 2.42. The summed E-state index contributed by atoms with van der Waals surface area (Å²) < 4.78 is 5.57. The fourth-order valence-corrected chi connectivity index (χ4v) is 1.87. The molecule has 1 aromatic carbocycles. The van der Waals surface area contributed by atoms with E-state index in [2.05, 4.69) is 10.2 Å². The summed E-state index contributed by atoms with van der Waals surface area (Å²) in [5.74, 6) is 0. The Bertz CT molecular complexity index is 506. The summed E-state index contributed by atoms with van der Waals surface area (Å²) in [7, 11) is 0. The molecule has 0 saturated carbocycles. The maximum Gasteiger partial charge on any atom is 0.155 e. The van der Waals surface area contributed by atoms with Crippen LogP contribution in [-0.2, 0) is 17.8 Å². The molecule has 18 heavy (non-hydrogen) atoms. The number of hydrogen-bond acceptors (Lipinski definition) is 3. The predicted molar refractivity (Wildman–Crippen MR) is 71.9 cm³/mol. The van der Waals surface area contributed by atoms with Crippen LogP contribution in [0, 0.1) is 0 Å². The fourth-order valence-electron chi connectivity index (χ4n) is 1.51. The summed E-state index contributed by atoms with van der Waals surface area (Å²) in [6, 6.07) is 11.7. The first-order chi connectivity index (χ1) is 8.75. The molecule has 0 fully saturated rings. The number of benzene rings is 1. The van der Waals surface area contributed by atoms with E-state index in [0.717, 1.165) is 11.1 Å². The van der Waals surface area contributed by atoms with Gasteiger partial charge in [0.1, 0.15) is 0 Å². The fraction of sp³-hybridized carbons (Fsp3) is 0.231. The van der Waals surface area contributed by atoms with Gasteiger partial charge < -0.3 is 4.74 Å². The summed E-state index contributed by atoms with van der Waals surface area (Å²) in [6.45, 7) is 1.15. The third kappa shape index (κ3) is 3.95. The van der Waals surface area contributed by atoms with Gasteiger partial charge in [0.05, 0.1) is 13.2 Å². The van der Waals surface area contributed by atoms with Gasteiger partial charge in [0.15, 0.2) is 10.3 Å². The molecule has 1 heterocycles. The maximum absolute atomic E-state index is 5.90. The van der Waals surface area contributed by atoms with Crippen molar-refractivity contribution in [3.63, 3.8) is 0 Å². The highest BCUT2D eigenvalue weighted by Crippen LogP contribution is 2.16. The van der Waals surface area contributed by atoms with E-state index in [9.17, 15) is 0 Å². The van der Waals surface area contributed by atoms with Crippen LogP contribution < -0.4 is 0 Å². The van der Waals surface area contributed by atoms with Gasteiger partial charge in [0.2, 0.25) is 0 Å². The summed E-state index contributed by atoms with van der Waals surface area (Å²) in [5.41, 5.74) is 2.00. The first kappa shape index (κ1) is 13.3. The summed E-state index contributed by atoms with van der Waals surface area (Å²) in [4.78, 5) is 0. The highest BCUT2D eigenvalue weighted by Gasteiger charge is 2.04. The van der Waals surface area contributed by atoms with E-state index in [1.807, 2.05) is 30.3 Å². The van der Waals surface area contributed by atoms with E-state index in [-0.39, 0.29) is 0 Å². The van der Waals surface area contributed by atoms with Crippen LogP contribution in [0.1, 0.15) is 11.1 Å². The molecule has 0 aliphatic carbocycles. The molecule has 3 nitrogen and oxygen atoms in total. The normalized spacial score (nSPS) is 10.6. The van der Waals surface area contributed by atoms with Crippen molar-refractivity contribution in [2.75, 3.05) is 6.61 Å². The van der Waals surface area contributed by atoms with Gasteiger partial charge in [-0.15, -0.1) is 10.2 Å². The van der Waals surface area contributed by atoms with E-state index in [4.69, 9.17) is 27.9 Å². The van der Waals surface area contributed by atoms with Crippen LogP contribution in [0.3, 0.4) is 0 Å². The van der Waals surface area contributed by atoms with E-state index < -0.39 is 0 Å². The zero-order chi connectivity index (χ0) is 12.8. The van der Waals surface area contributed by atoms with E-state index in [1.54, 1.807) is 6.07 Å². The van der Waals surface area contributed by atoms with Crippen LogP contribution in [0.25, 0.3) is 0 Å². The molecule has 0 bridgehead atoms. The van der Waals surface area contributed by atoms with Crippen molar-refractivity contribution in [2.45, 2.75) is 13.0 Å². The second kappa shape index (κ2) is 6.69. The zero-order valence-electron chi connectivity index (χ0n) is 9.64. The van der Waals surface area contributed by atoms with E-state index >= 15 is 0 Å². The van der Waals surface area contributed by atoms with Gasteiger partial charge in [0, 0.05) is 0 Å². The van der Waals surface area contributed by atoms with Gasteiger partial charge in [-0.2, -0.15) is 0 Å². The van der Waals surface area contributed by atoms with Crippen molar-refractivity contribution < 1.29 is 4.74 Å². The van der Waals surface area contributed by atoms with Crippen LogP contribution in [0.15, 0.2) is 36.4 Å². The lowest BCUT2D eigenvalue weighted by Crippen LogP contribution is -2.01. The molecular formula is C13H12Cl2N2O. The topological polar surface area (TPSA) is 35.0 Å². The van der Waals surface area contributed by atoms with Crippen molar-refractivity contribution in [1.82, 2.24) is 10.2 Å². The summed E-state index contributed by atoms with van der Waals surface area (Å²) >= 11 is 11.7. The minimum absolute atomic E-state index is 0.345. The molecule has 5 heteroatoms. The molecule has 1 aromatic heterocycles. The van der Waals surface area contributed by atoms with Crippen LogP contribution in [0.4, 0.5) is 0 Å². The lowest BCUT2D eigenvalue weighted by Gasteiger charge is -2.05. The molecule has 0 saturated heterocycles. The maximum atomic E-state index is 5.90. The molecule has 2 rings (SSSR count). The second-order valence-corrected chi connectivity index (χ2v) is 4.52. The zero-order valence-corrected chi connectivity index (χ0v) is 11.2. The Morgan fingerprint density at radius 3 is 2.61 bits per heavy atom. The van der Waals surface area contributed by atoms with Crippen LogP contribution in [0.2, 0.25) is 10.3 Å². The van der Waals surface area contributed by atoms with Crippen molar-refractivity contribution in [1.29, 1.82) is 0 Å². The Morgan fingerprint density at radius 2 is 1.83 bits per heavy atom. The molecule has 0 spiro atoms. The number of halogens is 2. The third-order valence-corrected chi connectivity index (χ3v) is 2.92. The molecule has 0 atom stereocenters. The highest BCUT2D eigenvalue weighted by atomic mass is 35.5. The number of ether oxygens (including phenoxy) is 1. The molecule has 0 aliphatic heterocycles. The molecule has 0 radical (unpaired) electrons. The highest BCUT2D eigenvalue weighted by molar-refractivity contribution is 6.31. The first-order valence-corrected chi connectivity index (χ1v) is 6.30. The van der Waals surface area contributed by atoms with Gasteiger partial charge >= 0.3 is 0 Å². The Kier molecular flexibility index (Phi) is 4.93. The average molecular weight is 283 g/mol. The molecule has 0 aliphatic rings. The van der Waals surface area contributed by atoms with Crippen LogP contribution in [-0.4, -0.2) is 16.8 Å². The minimum atomic E-state index is 0.345. The smallest absolute Gasteiger partial charge is 0.155 e. The van der Waals surface area contributed by atoms with Crippen molar-refractivity contribution >= 4 is 23.2 Å². The van der Waals surface area contributed by atoms with Gasteiger partial charge in [0.25, 0.3) is 0 Å². The van der Waals surface area contributed by atoms with E-state index in [0.29, 0.717) is 29.9 Å². The Hall–Kier alpha value is -1.16. The number of hydrogen-bond donors (Lipinski definition) is 0. The van der Waals surface area contributed by atoms with Crippen molar-refractivity contribution in [3.05, 3.63) is 57.8 Å². The number of rotatable bonds is 5. The Labute approximate surface area is 116 Å². The molecule has 0 N–H and O–H groups in total. The number of aromatic nitrogens is 2. The van der Waals surface area contributed by atoms with Gasteiger partial charge in [-0.05, 0) is 23.6 Å². The first-order valence-electron chi connectivity index (χ1n) is 5.55. The second-order valence-electron chi connectivity index (χ2n) is 3.77. The SMILES string of the molecule is Clc1cc(CCOCc2ccccc2)c(Cl)nn1. The Balaban J connectivity index is 1.80. The average Bonchev–Trinajstić information content (AvgIpc) is 2.40. The van der Waals surface area contributed by atoms with Crippen LogP contribution in [0.5, 0.6) is 0 Å². The van der Waals surface area contributed by atoms with E-state index in [1.165, 1.54) is 0 Å². The molecule has 94 valence electrons. The summed E-state index contributed by atoms with van der Waals surface area (Å²) in [5, 5.41) is 8.12. The number of nitrogens with zero attached hydrogens (tertiary/aromatic N) is 2. The van der Waals surface area contributed by atoms with Crippen LogP contribution >= 0.6 is 23.2 Å². The van der Waals surface area contributed by atoms with Gasteiger partial charge in [-0.25, -0.2) is 0 Å². The van der Waals surface area contributed by atoms with Gasteiger partial charge in [-0.1, -0.05) is 53.5 Å². The lowest BCUT2D eigenvalue weighted by atomic mass is 10.2. The van der Waals surface area contributed by atoms with Crippen molar-refractivity contribution in [3.8, 4) is 0 Å². The standard InChI is InChI=1S/C13H12Cl2N2O/c14-12-8-11(13(15)17-16-12)6-7-18-9-10-4-2-1-3-5-10/h1-5,8H,6-7,9H2. The monoisotopic (exact) mass is 282 g/mol. The lowest BCUT2D eigenvalue weighted by molar-refractivity contribution is 0.124. The molecular weight excluding hydrogens is 271 g/mol. The predicted octanol–water partition coefficient (Wildman–Crippen LogP) is 3.54. The summed E-state index contributed by atoms with van der Waals surface area (Å²) in [6.07, 6.45) is 0.668. The van der Waals surface area contributed by atoms with Crippen molar-refractivity contribution in [2.24, 2.45) is 0 Å². The van der Waals surface area contributed by atoms with Gasteiger partial charge in [-0.3, -0.25) is 0 Å². The minimum Gasteiger partial charge on any atom is -0.376 e.